The fraction of sp³-hybridized carbons (Fsp3) is 0.611. The zero-order valence-corrected chi connectivity index (χ0v) is 13.8. The second-order valence-electron chi connectivity index (χ2n) is 6.40. The summed E-state index contributed by atoms with van der Waals surface area (Å²) in [5.41, 5.74) is 0.676. The SMILES string of the molecule is CCCCOc1ccccc1NC(=O)O[C@H]1CN2CCC1CC2. The Morgan fingerprint density at radius 3 is 2.78 bits per heavy atom. The predicted octanol–water partition coefficient (Wildman–Crippen LogP) is 3.51. The van der Waals surface area contributed by atoms with E-state index in [1.807, 2.05) is 24.3 Å². The van der Waals surface area contributed by atoms with Crippen molar-refractivity contribution in [1.82, 2.24) is 4.90 Å². The molecule has 3 aliphatic heterocycles. The molecule has 0 aliphatic carbocycles. The molecule has 1 atom stereocenters. The van der Waals surface area contributed by atoms with Crippen LogP contribution in [-0.4, -0.2) is 43.3 Å². The minimum Gasteiger partial charge on any atom is -0.491 e. The van der Waals surface area contributed by atoms with Gasteiger partial charge in [0.15, 0.2) is 0 Å². The van der Waals surface area contributed by atoms with Crippen molar-refractivity contribution in [3.63, 3.8) is 0 Å². The maximum absolute atomic E-state index is 12.2. The van der Waals surface area contributed by atoms with Crippen molar-refractivity contribution in [2.45, 2.75) is 38.7 Å². The van der Waals surface area contributed by atoms with Gasteiger partial charge in [-0.15, -0.1) is 0 Å². The Balaban J connectivity index is 1.55. The van der Waals surface area contributed by atoms with E-state index in [9.17, 15) is 4.79 Å². The van der Waals surface area contributed by atoms with Crippen molar-refractivity contribution < 1.29 is 14.3 Å². The van der Waals surface area contributed by atoms with E-state index in [-0.39, 0.29) is 12.2 Å². The van der Waals surface area contributed by atoms with Crippen LogP contribution >= 0.6 is 0 Å². The van der Waals surface area contributed by atoms with Gasteiger partial charge in [-0.2, -0.15) is 0 Å². The highest BCUT2D eigenvalue weighted by Gasteiger charge is 2.36. The lowest BCUT2D eigenvalue weighted by Gasteiger charge is -2.43. The summed E-state index contributed by atoms with van der Waals surface area (Å²) in [5.74, 6) is 1.22. The number of fused-ring (bicyclic) bond motifs is 3. The summed E-state index contributed by atoms with van der Waals surface area (Å²) in [5, 5.41) is 2.84. The molecule has 3 fully saturated rings. The molecule has 0 aromatic heterocycles. The lowest BCUT2D eigenvalue weighted by Crippen LogP contribution is -2.52. The molecular weight excluding hydrogens is 292 g/mol. The number of carbonyl (C=O) groups excluding carboxylic acids is 1. The molecular formula is C18H26N2O3. The number of ether oxygens (including phenoxy) is 2. The molecule has 4 rings (SSSR count). The second-order valence-corrected chi connectivity index (χ2v) is 6.40. The molecule has 0 saturated carbocycles. The lowest BCUT2D eigenvalue weighted by atomic mass is 9.86. The summed E-state index contributed by atoms with van der Waals surface area (Å²) in [6, 6.07) is 7.51. The molecule has 3 saturated heterocycles. The Labute approximate surface area is 137 Å². The first-order chi connectivity index (χ1) is 11.3. The molecule has 1 aromatic carbocycles. The van der Waals surface area contributed by atoms with Gasteiger partial charge in [0.05, 0.1) is 12.3 Å². The van der Waals surface area contributed by atoms with Gasteiger partial charge in [0.2, 0.25) is 0 Å². The molecule has 5 nitrogen and oxygen atoms in total. The van der Waals surface area contributed by atoms with Crippen LogP contribution < -0.4 is 10.1 Å². The van der Waals surface area contributed by atoms with Gasteiger partial charge in [-0.05, 0) is 50.4 Å². The molecule has 1 aromatic rings. The van der Waals surface area contributed by atoms with Gasteiger partial charge in [-0.3, -0.25) is 10.2 Å². The quantitative estimate of drug-likeness (QED) is 0.816. The van der Waals surface area contributed by atoms with E-state index in [2.05, 4.69) is 17.1 Å². The van der Waals surface area contributed by atoms with Gasteiger partial charge >= 0.3 is 6.09 Å². The third kappa shape index (κ3) is 4.16. The summed E-state index contributed by atoms with van der Waals surface area (Å²) < 4.78 is 11.4. The highest BCUT2D eigenvalue weighted by atomic mass is 16.6. The summed E-state index contributed by atoms with van der Waals surface area (Å²) in [6.07, 6.45) is 3.99. The van der Waals surface area contributed by atoms with Crippen molar-refractivity contribution in [2.75, 3.05) is 31.6 Å². The third-order valence-corrected chi connectivity index (χ3v) is 4.73. The van der Waals surface area contributed by atoms with Crippen LogP contribution in [0.1, 0.15) is 32.6 Å². The molecule has 1 N–H and O–H groups in total. The van der Waals surface area contributed by atoms with Crippen LogP contribution in [0.15, 0.2) is 24.3 Å². The zero-order valence-electron chi connectivity index (χ0n) is 13.8. The average molecular weight is 318 g/mol. The van der Waals surface area contributed by atoms with Crippen LogP contribution in [0.2, 0.25) is 0 Å². The summed E-state index contributed by atoms with van der Waals surface area (Å²) in [7, 11) is 0. The van der Waals surface area contributed by atoms with Gasteiger partial charge in [0, 0.05) is 6.54 Å². The van der Waals surface area contributed by atoms with E-state index in [1.54, 1.807) is 0 Å². The minimum absolute atomic E-state index is 0.0191. The van der Waals surface area contributed by atoms with Crippen LogP contribution in [0.3, 0.4) is 0 Å². The first kappa shape index (κ1) is 16.1. The first-order valence-electron chi connectivity index (χ1n) is 8.68. The standard InChI is InChI=1S/C18H26N2O3/c1-2-3-12-22-16-7-5-4-6-15(16)19-18(21)23-17-13-20-10-8-14(17)9-11-20/h4-7,14,17H,2-3,8-13H2,1H3,(H,19,21)/t17-/m0/s1. The Hall–Kier alpha value is -1.75. The highest BCUT2D eigenvalue weighted by Crippen LogP contribution is 2.30. The molecule has 126 valence electrons. The van der Waals surface area contributed by atoms with E-state index in [0.29, 0.717) is 24.0 Å². The largest absolute Gasteiger partial charge is 0.491 e. The Morgan fingerprint density at radius 1 is 1.30 bits per heavy atom. The fourth-order valence-corrected chi connectivity index (χ4v) is 3.34. The second kappa shape index (κ2) is 7.68. The lowest BCUT2D eigenvalue weighted by molar-refractivity contribution is -0.0290. The van der Waals surface area contributed by atoms with Gasteiger partial charge in [-0.1, -0.05) is 25.5 Å². The Bertz CT molecular complexity index is 527. The molecule has 3 heterocycles. The van der Waals surface area contributed by atoms with Gasteiger partial charge in [-0.25, -0.2) is 4.79 Å². The van der Waals surface area contributed by atoms with Crippen LogP contribution in [0.25, 0.3) is 0 Å². The molecule has 0 spiro atoms. The number of nitrogens with zero attached hydrogens (tertiary/aromatic N) is 1. The Kier molecular flexibility index (Phi) is 5.39. The number of anilines is 1. The molecule has 0 unspecified atom stereocenters. The van der Waals surface area contributed by atoms with Gasteiger partial charge in [0.1, 0.15) is 11.9 Å². The van der Waals surface area contributed by atoms with Crippen LogP contribution in [0, 0.1) is 5.92 Å². The van der Waals surface area contributed by atoms with E-state index < -0.39 is 0 Å². The number of nitrogens with one attached hydrogen (secondary N) is 1. The van der Waals surface area contributed by atoms with Crippen molar-refractivity contribution in [2.24, 2.45) is 5.92 Å². The number of amides is 1. The number of benzene rings is 1. The molecule has 2 bridgehead atoms. The molecule has 23 heavy (non-hydrogen) atoms. The zero-order chi connectivity index (χ0) is 16.1. The van der Waals surface area contributed by atoms with Crippen LogP contribution in [0.5, 0.6) is 5.75 Å². The maximum atomic E-state index is 12.2. The smallest absolute Gasteiger partial charge is 0.412 e. The predicted molar refractivity (Wildman–Crippen MR) is 89.9 cm³/mol. The number of unbranched alkanes of at least 4 members (excludes halogenated alkanes) is 1. The van der Waals surface area contributed by atoms with Crippen molar-refractivity contribution in [3.8, 4) is 5.75 Å². The normalized spacial score (nSPS) is 25.9. The first-order valence-corrected chi connectivity index (χ1v) is 8.68. The van der Waals surface area contributed by atoms with Crippen LogP contribution in [-0.2, 0) is 4.74 Å². The van der Waals surface area contributed by atoms with E-state index in [1.165, 1.54) is 0 Å². The Morgan fingerprint density at radius 2 is 2.09 bits per heavy atom. The van der Waals surface area contributed by atoms with Crippen molar-refractivity contribution in [3.05, 3.63) is 24.3 Å². The number of para-hydroxylation sites is 2. The number of hydrogen-bond acceptors (Lipinski definition) is 4. The van der Waals surface area contributed by atoms with Crippen molar-refractivity contribution in [1.29, 1.82) is 0 Å². The van der Waals surface area contributed by atoms with E-state index in [0.717, 1.165) is 45.3 Å². The monoisotopic (exact) mass is 318 g/mol. The molecule has 3 aliphatic rings. The van der Waals surface area contributed by atoms with Crippen molar-refractivity contribution >= 4 is 11.8 Å². The molecule has 5 heteroatoms. The molecule has 1 amide bonds. The summed E-state index contributed by atoms with van der Waals surface area (Å²) in [4.78, 5) is 14.6. The summed E-state index contributed by atoms with van der Waals surface area (Å²) in [6.45, 7) is 5.93. The van der Waals surface area contributed by atoms with Gasteiger partial charge in [0.25, 0.3) is 0 Å². The highest BCUT2D eigenvalue weighted by molar-refractivity contribution is 5.86. The third-order valence-electron chi connectivity index (χ3n) is 4.73. The molecule has 0 radical (unpaired) electrons. The number of hydrogen-bond donors (Lipinski definition) is 1. The number of carbonyl (C=O) groups is 1. The summed E-state index contributed by atoms with van der Waals surface area (Å²) >= 11 is 0. The fourth-order valence-electron chi connectivity index (χ4n) is 3.34. The van der Waals surface area contributed by atoms with Crippen LogP contribution in [0.4, 0.5) is 10.5 Å². The minimum atomic E-state index is -0.379. The number of rotatable bonds is 6. The maximum Gasteiger partial charge on any atom is 0.412 e. The van der Waals surface area contributed by atoms with Gasteiger partial charge < -0.3 is 9.47 Å². The number of piperidine rings is 3. The van der Waals surface area contributed by atoms with E-state index in [4.69, 9.17) is 9.47 Å². The topological polar surface area (TPSA) is 50.8 Å². The van der Waals surface area contributed by atoms with E-state index >= 15 is 0 Å². The average Bonchev–Trinajstić information content (AvgIpc) is 2.57.